The zero-order valence-electron chi connectivity index (χ0n) is 13.8. The van der Waals surface area contributed by atoms with E-state index >= 15 is 0 Å². The first-order valence-electron chi connectivity index (χ1n) is 7.77. The number of nitrogens with one attached hydrogen (secondary N) is 2. The van der Waals surface area contributed by atoms with E-state index in [4.69, 9.17) is 11.6 Å². The Morgan fingerprint density at radius 3 is 2.88 bits per heavy atom. The van der Waals surface area contributed by atoms with Crippen molar-refractivity contribution in [3.05, 3.63) is 51.4 Å². The standard InChI is InChI=1S/C17H17ClN4O2S/c1-3-22-16(24)15-13(8-10(2)19-15)21-17(22)25-9-14(23)20-12-7-5-4-6-11(12)18/h4-8,19H,3,9H2,1-2H3,(H,20,23). The Labute approximate surface area is 153 Å². The molecule has 0 saturated heterocycles. The van der Waals surface area contributed by atoms with E-state index < -0.39 is 0 Å². The molecule has 3 rings (SSSR count). The second-order valence-corrected chi connectivity index (χ2v) is 6.82. The van der Waals surface area contributed by atoms with E-state index in [1.807, 2.05) is 19.9 Å². The number of aryl methyl sites for hydroxylation is 1. The van der Waals surface area contributed by atoms with Crippen LogP contribution in [0.5, 0.6) is 0 Å². The summed E-state index contributed by atoms with van der Waals surface area (Å²) < 4.78 is 1.56. The Morgan fingerprint density at radius 1 is 1.40 bits per heavy atom. The van der Waals surface area contributed by atoms with Gasteiger partial charge in [-0.2, -0.15) is 0 Å². The fraction of sp³-hybridized carbons (Fsp3) is 0.235. The summed E-state index contributed by atoms with van der Waals surface area (Å²) in [7, 11) is 0. The van der Waals surface area contributed by atoms with Crippen molar-refractivity contribution in [2.75, 3.05) is 11.1 Å². The number of hydrogen-bond donors (Lipinski definition) is 2. The Balaban J connectivity index is 1.79. The zero-order valence-corrected chi connectivity index (χ0v) is 15.4. The zero-order chi connectivity index (χ0) is 18.0. The number of rotatable bonds is 5. The van der Waals surface area contributed by atoms with Crippen LogP contribution in [-0.4, -0.2) is 26.2 Å². The number of thioether (sulfide) groups is 1. The summed E-state index contributed by atoms with van der Waals surface area (Å²) in [6.07, 6.45) is 0. The molecule has 2 heterocycles. The number of aromatic nitrogens is 3. The largest absolute Gasteiger partial charge is 0.353 e. The number of fused-ring (bicyclic) bond motifs is 1. The molecule has 0 aliphatic carbocycles. The van der Waals surface area contributed by atoms with Gasteiger partial charge in [-0.25, -0.2) is 4.98 Å². The number of carbonyl (C=O) groups is 1. The molecule has 0 spiro atoms. The van der Waals surface area contributed by atoms with E-state index in [2.05, 4.69) is 15.3 Å². The second-order valence-electron chi connectivity index (χ2n) is 5.47. The third-order valence-electron chi connectivity index (χ3n) is 3.63. The van der Waals surface area contributed by atoms with Crippen molar-refractivity contribution in [2.24, 2.45) is 0 Å². The normalized spacial score (nSPS) is 11.0. The molecule has 6 nitrogen and oxygen atoms in total. The molecule has 1 amide bonds. The maximum atomic E-state index is 12.5. The lowest BCUT2D eigenvalue weighted by molar-refractivity contribution is -0.113. The molecule has 1 aromatic carbocycles. The monoisotopic (exact) mass is 376 g/mol. The molecule has 0 fully saturated rings. The van der Waals surface area contributed by atoms with Crippen LogP contribution in [0.2, 0.25) is 5.02 Å². The van der Waals surface area contributed by atoms with Crippen LogP contribution in [0.4, 0.5) is 5.69 Å². The van der Waals surface area contributed by atoms with Gasteiger partial charge in [0.15, 0.2) is 5.16 Å². The van der Waals surface area contributed by atoms with Gasteiger partial charge in [0.25, 0.3) is 5.56 Å². The highest BCUT2D eigenvalue weighted by atomic mass is 35.5. The highest BCUT2D eigenvalue weighted by molar-refractivity contribution is 7.99. The third-order valence-corrected chi connectivity index (χ3v) is 4.94. The third kappa shape index (κ3) is 3.72. The molecule has 0 radical (unpaired) electrons. The van der Waals surface area contributed by atoms with Gasteiger partial charge in [-0.3, -0.25) is 14.2 Å². The molecule has 2 aromatic heterocycles. The van der Waals surface area contributed by atoms with Gasteiger partial charge in [0.2, 0.25) is 5.91 Å². The molecule has 0 unspecified atom stereocenters. The lowest BCUT2D eigenvalue weighted by Crippen LogP contribution is -2.23. The van der Waals surface area contributed by atoms with Crippen LogP contribution in [0.25, 0.3) is 11.0 Å². The maximum Gasteiger partial charge on any atom is 0.278 e. The number of hydrogen-bond acceptors (Lipinski definition) is 4. The minimum Gasteiger partial charge on any atom is -0.353 e. The SMILES string of the molecule is CCn1c(SCC(=O)Nc2ccccc2Cl)nc2cc(C)[nH]c2c1=O. The average Bonchev–Trinajstić information content (AvgIpc) is 2.96. The van der Waals surface area contributed by atoms with E-state index in [1.54, 1.807) is 28.8 Å². The minimum atomic E-state index is -0.208. The van der Waals surface area contributed by atoms with Gasteiger partial charge in [0.05, 0.1) is 22.0 Å². The van der Waals surface area contributed by atoms with E-state index in [-0.39, 0.29) is 17.2 Å². The van der Waals surface area contributed by atoms with E-state index in [0.717, 1.165) is 5.69 Å². The van der Waals surface area contributed by atoms with Gasteiger partial charge < -0.3 is 10.3 Å². The van der Waals surface area contributed by atoms with Crippen LogP contribution in [-0.2, 0) is 11.3 Å². The number of anilines is 1. The van der Waals surface area contributed by atoms with Crippen LogP contribution in [0.3, 0.4) is 0 Å². The van der Waals surface area contributed by atoms with Gasteiger partial charge in [-0.1, -0.05) is 35.5 Å². The fourth-order valence-electron chi connectivity index (χ4n) is 2.48. The van der Waals surface area contributed by atoms with Crippen molar-refractivity contribution in [1.29, 1.82) is 0 Å². The molecule has 8 heteroatoms. The number of para-hydroxylation sites is 1. The summed E-state index contributed by atoms with van der Waals surface area (Å²) in [5.41, 5.74) is 2.41. The predicted molar refractivity (Wildman–Crippen MR) is 102 cm³/mol. The van der Waals surface area contributed by atoms with Crippen molar-refractivity contribution < 1.29 is 4.79 Å². The summed E-state index contributed by atoms with van der Waals surface area (Å²) in [5, 5.41) is 3.76. The Bertz CT molecular complexity index is 996. The van der Waals surface area contributed by atoms with Crippen LogP contribution < -0.4 is 10.9 Å². The number of nitrogens with zero attached hydrogens (tertiary/aromatic N) is 2. The predicted octanol–water partition coefficient (Wildman–Crippen LogP) is 3.44. The van der Waals surface area contributed by atoms with Gasteiger partial charge in [-0.15, -0.1) is 0 Å². The molecule has 0 aliphatic heterocycles. The highest BCUT2D eigenvalue weighted by Crippen LogP contribution is 2.22. The summed E-state index contributed by atoms with van der Waals surface area (Å²) in [6.45, 7) is 4.23. The van der Waals surface area contributed by atoms with Crippen molar-refractivity contribution in [1.82, 2.24) is 14.5 Å². The Morgan fingerprint density at radius 2 is 2.16 bits per heavy atom. The van der Waals surface area contributed by atoms with Gasteiger partial charge in [0, 0.05) is 12.2 Å². The quantitative estimate of drug-likeness (QED) is 0.528. The number of amides is 1. The van der Waals surface area contributed by atoms with Gasteiger partial charge in [-0.05, 0) is 32.0 Å². The lowest BCUT2D eigenvalue weighted by Gasteiger charge is -2.10. The van der Waals surface area contributed by atoms with Crippen LogP contribution in [0.1, 0.15) is 12.6 Å². The fourth-order valence-corrected chi connectivity index (χ4v) is 3.53. The molecule has 2 N–H and O–H groups in total. The van der Waals surface area contributed by atoms with Crippen LogP contribution >= 0.6 is 23.4 Å². The molecule has 0 bridgehead atoms. The lowest BCUT2D eigenvalue weighted by atomic mass is 10.3. The van der Waals surface area contributed by atoms with E-state index in [9.17, 15) is 9.59 Å². The molecule has 130 valence electrons. The molecule has 3 aromatic rings. The van der Waals surface area contributed by atoms with Gasteiger partial charge >= 0.3 is 0 Å². The number of halogens is 1. The number of aromatic amines is 1. The molecule has 0 aliphatic rings. The van der Waals surface area contributed by atoms with Crippen molar-refractivity contribution in [3.63, 3.8) is 0 Å². The van der Waals surface area contributed by atoms with Crippen molar-refractivity contribution in [2.45, 2.75) is 25.5 Å². The average molecular weight is 377 g/mol. The first-order valence-corrected chi connectivity index (χ1v) is 9.13. The Kier molecular flexibility index (Phi) is 5.15. The Hall–Kier alpha value is -2.25. The molecule has 0 atom stereocenters. The molecule has 0 saturated carbocycles. The number of benzene rings is 1. The van der Waals surface area contributed by atoms with Crippen LogP contribution in [0.15, 0.2) is 40.3 Å². The summed E-state index contributed by atoms with van der Waals surface area (Å²) in [5.74, 6) is -0.0765. The molecular weight excluding hydrogens is 360 g/mol. The first-order chi connectivity index (χ1) is 12.0. The summed E-state index contributed by atoms with van der Waals surface area (Å²) >= 11 is 7.26. The van der Waals surface area contributed by atoms with E-state index in [1.165, 1.54) is 11.8 Å². The summed E-state index contributed by atoms with van der Waals surface area (Å²) in [6, 6.07) is 8.87. The van der Waals surface area contributed by atoms with E-state index in [0.29, 0.717) is 33.4 Å². The van der Waals surface area contributed by atoms with Crippen molar-refractivity contribution in [3.8, 4) is 0 Å². The second kappa shape index (κ2) is 7.33. The minimum absolute atomic E-state index is 0.130. The van der Waals surface area contributed by atoms with Crippen molar-refractivity contribution >= 4 is 46.0 Å². The first kappa shape index (κ1) is 17.6. The van der Waals surface area contributed by atoms with Crippen LogP contribution in [0, 0.1) is 6.92 Å². The highest BCUT2D eigenvalue weighted by Gasteiger charge is 2.14. The smallest absolute Gasteiger partial charge is 0.278 e. The molecular formula is C17H17ClN4O2S. The molecule has 25 heavy (non-hydrogen) atoms. The number of carbonyl (C=O) groups excluding carboxylic acids is 1. The topological polar surface area (TPSA) is 79.8 Å². The van der Waals surface area contributed by atoms with Gasteiger partial charge in [0.1, 0.15) is 5.52 Å². The number of H-pyrrole nitrogens is 1. The summed E-state index contributed by atoms with van der Waals surface area (Å²) in [4.78, 5) is 32.3. The maximum absolute atomic E-state index is 12.5.